The Bertz CT molecular complexity index is 3380. The van der Waals surface area contributed by atoms with E-state index in [0.29, 0.717) is 0 Å². The van der Waals surface area contributed by atoms with Gasteiger partial charge in [-0.15, -0.1) is 11.3 Å². The van der Waals surface area contributed by atoms with Crippen molar-refractivity contribution in [2.24, 2.45) is 4.99 Å². The van der Waals surface area contributed by atoms with E-state index in [9.17, 15) is 0 Å². The summed E-state index contributed by atoms with van der Waals surface area (Å²) >= 11 is 1.84. The number of aliphatic imine (C=N–C) groups is 1. The first-order valence-corrected chi connectivity index (χ1v) is 20.1. The van der Waals surface area contributed by atoms with E-state index in [0.717, 1.165) is 77.5 Å². The largest absolute Gasteiger partial charge is 0.456 e. The molecule has 0 radical (unpaired) electrons. The fourth-order valence-corrected chi connectivity index (χ4v) is 9.71. The second kappa shape index (κ2) is 12.8. The topological polar surface area (TPSA) is 62.7 Å². The van der Waals surface area contributed by atoms with Crippen LogP contribution in [0.3, 0.4) is 0 Å². The summed E-state index contributed by atoms with van der Waals surface area (Å²) in [7, 11) is 0. The fourth-order valence-electron chi connectivity index (χ4n) is 8.58. The van der Waals surface area contributed by atoms with Crippen LogP contribution in [0.15, 0.2) is 190 Å². The van der Waals surface area contributed by atoms with Crippen LogP contribution in [0.25, 0.3) is 86.3 Å². The molecule has 3 aromatic heterocycles. The molecule has 1 aliphatic heterocycles. The molecule has 0 fully saturated rings. The molecular formula is C51H33N3O2S. The number of nitrogens with zero attached hydrogens (tertiary/aromatic N) is 1. The summed E-state index contributed by atoms with van der Waals surface area (Å²) in [5.41, 5.74) is 11.2. The molecule has 5 nitrogen and oxygen atoms in total. The van der Waals surface area contributed by atoms with Crippen molar-refractivity contribution in [3.8, 4) is 22.3 Å². The zero-order valence-electron chi connectivity index (χ0n) is 30.6. The highest BCUT2D eigenvalue weighted by Gasteiger charge is 2.28. The average molecular weight is 752 g/mol. The highest BCUT2D eigenvalue weighted by atomic mass is 32.1. The number of thiophene rings is 1. The molecule has 6 heteroatoms. The first-order chi connectivity index (χ1) is 28.2. The summed E-state index contributed by atoms with van der Waals surface area (Å²) in [6, 6.07) is 62.2. The van der Waals surface area contributed by atoms with Gasteiger partial charge in [0.05, 0.1) is 0 Å². The lowest BCUT2D eigenvalue weighted by Crippen LogP contribution is -2.44. The van der Waals surface area contributed by atoms with Gasteiger partial charge in [0, 0.05) is 47.3 Å². The summed E-state index contributed by atoms with van der Waals surface area (Å²) in [4.78, 5) is 5.38. The van der Waals surface area contributed by atoms with Crippen molar-refractivity contribution in [1.82, 2.24) is 10.6 Å². The first kappa shape index (κ1) is 32.3. The Balaban J connectivity index is 1.02. The maximum atomic E-state index is 6.64. The molecule has 11 aromatic rings. The number of nitrogens with one attached hydrogen (secondary N) is 2. The van der Waals surface area contributed by atoms with E-state index in [1.54, 1.807) is 0 Å². The lowest BCUT2D eigenvalue weighted by atomic mass is 9.95. The maximum absolute atomic E-state index is 6.64. The van der Waals surface area contributed by atoms with Gasteiger partial charge >= 0.3 is 0 Å². The van der Waals surface area contributed by atoms with Gasteiger partial charge in [0.15, 0.2) is 0 Å². The van der Waals surface area contributed by atoms with Gasteiger partial charge in [-0.05, 0) is 88.0 Å². The van der Waals surface area contributed by atoms with Gasteiger partial charge < -0.3 is 14.2 Å². The normalized spacial score (nSPS) is 15.9. The molecule has 270 valence electrons. The molecule has 2 N–H and O–H groups in total. The number of hydrogen-bond acceptors (Lipinski definition) is 6. The summed E-state index contributed by atoms with van der Waals surface area (Å²) in [6.45, 7) is 0. The Kier molecular flexibility index (Phi) is 7.24. The van der Waals surface area contributed by atoms with Gasteiger partial charge in [-0.1, -0.05) is 121 Å². The summed E-state index contributed by atoms with van der Waals surface area (Å²) in [6.07, 6.45) is -0.570. The van der Waals surface area contributed by atoms with E-state index in [2.05, 4.69) is 156 Å². The van der Waals surface area contributed by atoms with Crippen LogP contribution in [0.1, 0.15) is 29.0 Å². The predicted octanol–water partition coefficient (Wildman–Crippen LogP) is 13.5. The number of hydrogen-bond donors (Lipinski definition) is 2. The maximum Gasteiger partial charge on any atom is 0.136 e. The molecule has 2 atom stereocenters. The van der Waals surface area contributed by atoms with Crippen LogP contribution in [0.5, 0.6) is 0 Å². The number of benzene rings is 8. The monoisotopic (exact) mass is 751 g/mol. The Morgan fingerprint density at radius 2 is 1.12 bits per heavy atom. The SMILES string of the molecule is c1ccc(-c2ccc3sc4cc(-c5cc(C6N=C(c7ccc8c(c7)oc7ccccc78)NC(c7ccccc7)N6)cc6oc7ccccc7c56)ccc4c3c2)cc1. The van der Waals surface area contributed by atoms with Crippen LogP contribution in [0.4, 0.5) is 0 Å². The minimum absolute atomic E-state index is 0.194. The smallest absolute Gasteiger partial charge is 0.136 e. The average Bonchev–Trinajstić information content (AvgIpc) is 3.97. The minimum atomic E-state index is -0.376. The zero-order chi connectivity index (χ0) is 37.5. The van der Waals surface area contributed by atoms with E-state index < -0.39 is 0 Å². The van der Waals surface area contributed by atoms with Crippen molar-refractivity contribution in [1.29, 1.82) is 0 Å². The standard InChI is InChI=1S/C51H33N3O2S/c1-3-11-30(12-4-1)32-21-24-46-41(25-32)38-23-19-33(29-47(38)57-46)40-26-35(28-45-48(40)39-16-8-10-18-43(39)56-45)51-53-49(31-13-5-2-6-14-31)52-50(54-51)34-20-22-37-36-15-7-9-17-42(36)55-44(37)27-34/h1-29,49,51,53H,(H,52,54). The van der Waals surface area contributed by atoms with Crippen LogP contribution < -0.4 is 10.6 Å². The molecule has 57 heavy (non-hydrogen) atoms. The predicted molar refractivity (Wildman–Crippen MR) is 236 cm³/mol. The van der Waals surface area contributed by atoms with Crippen LogP contribution in [-0.2, 0) is 0 Å². The van der Waals surface area contributed by atoms with Crippen molar-refractivity contribution in [3.63, 3.8) is 0 Å². The number of furan rings is 2. The molecule has 0 bridgehead atoms. The number of para-hydroxylation sites is 2. The van der Waals surface area contributed by atoms with E-state index >= 15 is 0 Å². The van der Waals surface area contributed by atoms with Gasteiger partial charge in [-0.3, -0.25) is 5.32 Å². The number of amidine groups is 1. The third-order valence-corrected chi connectivity index (χ3v) is 12.5. The highest BCUT2D eigenvalue weighted by Crippen LogP contribution is 2.43. The third-order valence-electron chi connectivity index (χ3n) is 11.4. The summed E-state index contributed by atoms with van der Waals surface area (Å²) < 4.78 is 15.5. The molecule has 0 saturated carbocycles. The minimum Gasteiger partial charge on any atom is -0.456 e. The van der Waals surface area contributed by atoms with Crippen molar-refractivity contribution in [3.05, 3.63) is 193 Å². The Labute approximate surface area is 331 Å². The van der Waals surface area contributed by atoms with Crippen LogP contribution in [0, 0.1) is 0 Å². The van der Waals surface area contributed by atoms with Crippen molar-refractivity contribution in [2.45, 2.75) is 12.3 Å². The van der Waals surface area contributed by atoms with Crippen LogP contribution in [-0.4, -0.2) is 5.84 Å². The van der Waals surface area contributed by atoms with E-state index in [-0.39, 0.29) is 12.3 Å². The molecule has 0 amide bonds. The lowest BCUT2D eigenvalue weighted by Gasteiger charge is -2.32. The Morgan fingerprint density at radius 3 is 1.98 bits per heavy atom. The van der Waals surface area contributed by atoms with E-state index in [1.807, 2.05) is 41.7 Å². The second-order valence-corrected chi connectivity index (χ2v) is 15.9. The van der Waals surface area contributed by atoms with Gasteiger partial charge in [0.1, 0.15) is 40.5 Å². The molecule has 0 spiro atoms. The number of rotatable bonds is 5. The fraction of sp³-hybridized carbons (Fsp3) is 0.0392. The summed E-state index contributed by atoms with van der Waals surface area (Å²) in [5.74, 6) is 0.794. The lowest BCUT2D eigenvalue weighted by molar-refractivity contribution is 0.409. The molecule has 4 heterocycles. The molecule has 0 saturated heterocycles. The van der Waals surface area contributed by atoms with Crippen molar-refractivity contribution < 1.29 is 8.83 Å². The molecule has 1 aliphatic rings. The van der Waals surface area contributed by atoms with Gasteiger partial charge in [-0.25, -0.2) is 4.99 Å². The highest BCUT2D eigenvalue weighted by molar-refractivity contribution is 7.25. The van der Waals surface area contributed by atoms with Gasteiger partial charge in [0.25, 0.3) is 0 Å². The zero-order valence-corrected chi connectivity index (χ0v) is 31.4. The van der Waals surface area contributed by atoms with Crippen molar-refractivity contribution >= 4 is 81.2 Å². The van der Waals surface area contributed by atoms with Crippen molar-refractivity contribution in [2.75, 3.05) is 0 Å². The van der Waals surface area contributed by atoms with Crippen LogP contribution >= 0.6 is 11.3 Å². The van der Waals surface area contributed by atoms with Gasteiger partial charge in [-0.2, -0.15) is 0 Å². The Hall–Kier alpha value is -6.99. The van der Waals surface area contributed by atoms with Crippen LogP contribution in [0.2, 0.25) is 0 Å². The van der Waals surface area contributed by atoms with E-state index in [4.69, 9.17) is 13.8 Å². The third kappa shape index (κ3) is 5.37. The molecule has 8 aromatic carbocycles. The molecule has 2 unspecified atom stereocenters. The molecule has 0 aliphatic carbocycles. The quantitative estimate of drug-likeness (QED) is 0.184. The molecular weight excluding hydrogens is 719 g/mol. The second-order valence-electron chi connectivity index (χ2n) is 14.8. The van der Waals surface area contributed by atoms with E-state index in [1.165, 1.54) is 31.3 Å². The Morgan fingerprint density at radius 1 is 0.439 bits per heavy atom. The molecule has 12 rings (SSSR count). The van der Waals surface area contributed by atoms with Gasteiger partial charge in [0.2, 0.25) is 0 Å². The first-order valence-electron chi connectivity index (χ1n) is 19.2. The summed E-state index contributed by atoms with van der Waals surface area (Å²) in [5, 5.41) is 14.5. The number of fused-ring (bicyclic) bond motifs is 9.